The predicted octanol–water partition coefficient (Wildman–Crippen LogP) is 3.79. The lowest BCUT2D eigenvalue weighted by atomic mass is 9.62. The van der Waals surface area contributed by atoms with Gasteiger partial charge < -0.3 is 5.73 Å². The third-order valence-electron chi connectivity index (χ3n) is 5.72. The van der Waals surface area contributed by atoms with Crippen LogP contribution < -0.4 is 5.73 Å². The Morgan fingerprint density at radius 3 is 2.26 bits per heavy atom. The first-order valence-corrected chi connectivity index (χ1v) is 8.40. The van der Waals surface area contributed by atoms with Gasteiger partial charge in [0.1, 0.15) is 0 Å². The Morgan fingerprint density at radius 1 is 1.16 bits per heavy atom. The van der Waals surface area contributed by atoms with Crippen LogP contribution in [0, 0.1) is 11.3 Å². The average Bonchev–Trinajstić information content (AvgIpc) is 3.15. The van der Waals surface area contributed by atoms with Gasteiger partial charge in [-0.15, -0.1) is 0 Å². The monoisotopic (exact) mass is 266 g/mol. The zero-order chi connectivity index (χ0) is 14.1. The van der Waals surface area contributed by atoms with Crippen LogP contribution in [0.3, 0.4) is 0 Å². The van der Waals surface area contributed by atoms with E-state index in [-0.39, 0.29) is 5.54 Å². The third kappa shape index (κ3) is 3.00. The fourth-order valence-electron chi connectivity index (χ4n) is 4.11. The van der Waals surface area contributed by atoms with E-state index in [1.54, 1.807) is 0 Å². The molecule has 1 unspecified atom stereocenters. The van der Waals surface area contributed by atoms with Gasteiger partial charge in [0.2, 0.25) is 0 Å². The Morgan fingerprint density at radius 2 is 1.79 bits per heavy atom. The highest BCUT2D eigenvalue weighted by Crippen LogP contribution is 2.50. The number of nitrogens with zero attached hydrogens (tertiary/aromatic N) is 1. The van der Waals surface area contributed by atoms with Crippen molar-refractivity contribution in [2.75, 3.05) is 13.1 Å². The van der Waals surface area contributed by atoms with Crippen molar-refractivity contribution in [3.05, 3.63) is 0 Å². The van der Waals surface area contributed by atoms with Gasteiger partial charge in [-0.25, -0.2) is 0 Å². The Kier molecular flexibility index (Phi) is 4.62. The van der Waals surface area contributed by atoms with E-state index >= 15 is 0 Å². The van der Waals surface area contributed by atoms with Crippen LogP contribution >= 0.6 is 0 Å². The summed E-state index contributed by atoms with van der Waals surface area (Å²) in [6.45, 7) is 11.7. The summed E-state index contributed by atoms with van der Waals surface area (Å²) in [6.07, 6.45) is 9.52. The van der Waals surface area contributed by atoms with Crippen LogP contribution in [0.5, 0.6) is 0 Å². The summed E-state index contributed by atoms with van der Waals surface area (Å²) in [5.41, 5.74) is 6.98. The van der Waals surface area contributed by atoms with Crippen LogP contribution in [0.25, 0.3) is 0 Å². The topological polar surface area (TPSA) is 29.3 Å². The first kappa shape index (κ1) is 15.3. The quantitative estimate of drug-likeness (QED) is 0.792. The largest absolute Gasteiger partial charge is 0.329 e. The molecule has 0 saturated heterocycles. The van der Waals surface area contributed by atoms with E-state index in [0.29, 0.717) is 5.41 Å². The molecular weight excluding hydrogens is 232 g/mol. The van der Waals surface area contributed by atoms with Crippen LogP contribution in [-0.4, -0.2) is 29.6 Å². The smallest absolute Gasteiger partial charge is 0.0385 e. The zero-order valence-electron chi connectivity index (χ0n) is 13.5. The molecule has 0 aromatic carbocycles. The van der Waals surface area contributed by atoms with Crippen LogP contribution in [0.2, 0.25) is 0 Å². The zero-order valence-corrected chi connectivity index (χ0v) is 13.5. The minimum atomic E-state index is 0.265. The maximum atomic E-state index is 6.35. The first-order valence-electron chi connectivity index (χ1n) is 8.40. The molecule has 2 N–H and O–H groups in total. The molecule has 0 aromatic heterocycles. The van der Waals surface area contributed by atoms with Crippen molar-refractivity contribution in [3.63, 3.8) is 0 Å². The van der Waals surface area contributed by atoms with E-state index in [0.717, 1.165) is 18.5 Å². The Hall–Kier alpha value is -0.0800. The standard InChI is InChI=1S/C17H34N2/c1-14(2)9-12-19(15-7-8-15)17(13-18)11-6-5-10-16(17,3)4/h14-15H,5-13,18H2,1-4H3. The summed E-state index contributed by atoms with van der Waals surface area (Å²) in [7, 11) is 0. The first-order chi connectivity index (χ1) is 8.93. The van der Waals surface area contributed by atoms with Crippen molar-refractivity contribution in [3.8, 4) is 0 Å². The maximum Gasteiger partial charge on any atom is 0.0385 e. The fraction of sp³-hybridized carbons (Fsp3) is 1.00. The molecule has 0 amide bonds. The molecule has 0 spiro atoms. The van der Waals surface area contributed by atoms with Crippen LogP contribution in [0.1, 0.15) is 72.6 Å². The van der Waals surface area contributed by atoms with Crippen molar-refractivity contribution in [1.29, 1.82) is 0 Å². The van der Waals surface area contributed by atoms with Gasteiger partial charge in [0.15, 0.2) is 0 Å². The average molecular weight is 266 g/mol. The van der Waals surface area contributed by atoms with Crippen molar-refractivity contribution >= 4 is 0 Å². The Labute approximate surface area is 120 Å². The lowest BCUT2D eigenvalue weighted by Crippen LogP contribution is -2.64. The lowest BCUT2D eigenvalue weighted by molar-refractivity contribution is -0.0513. The molecule has 112 valence electrons. The summed E-state index contributed by atoms with van der Waals surface area (Å²) in [5, 5.41) is 0. The summed E-state index contributed by atoms with van der Waals surface area (Å²) in [6, 6.07) is 0.833. The highest BCUT2D eigenvalue weighted by molar-refractivity contribution is 5.08. The van der Waals surface area contributed by atoms with E-state index in [4.69, 9.17) is 5.73 Å². The molecule has 2 rings (SSSR count). The molecule has 0 radical (unpaired) electrons. The third-order valence-corrected chi connectivity index (χ3v) is 5.72. The molecule has 2 aliphatic carbocycles. The molecule has 19 heavy (non-hydrogen) atoms. The number of nitrogens with two attached hydrogens (primary N) is 1. The van der Waals surface area contributed by atoms with Crippen molar-refractivity contribution in [2.24, 2.45) is 17.1 Å². The molecule has 0 aromatic rings. The van der Waals surface area contributed by atoms with Gasteiger partial charge in [0.05, 0.1) is 0 Å². The van der Waals surface area contributed by atoms with Gasteiger partial charge >= 0.3 is 0 Å². The second kappa shape index (κ2) is 5.73. The lowest BCUT2D eigenvalue weighted by Gasteiger charge is -2.56. The van der Waals surface area contributed by atoms with E-state index in [2.05, 4.69) is 32.6 Å². The number of hydrogen-bond acceptors (Lipinski definition) is 2. The summed E-state index contributed by atoms with van der Waals surface area (Å²) in [5.74, 6) is 0.794. The molecule has 0 aliphatic heterocycles. The van der Waals surface area contributed by atoms with E-state index in [9.17, 15) is 0 Å². The van der Waals surface area contributed by atoms with Crippen LogP contribution in [0.15, 0.2) is 0 Å². The number of rotatable bonds is 6. The van der Waals surface area contributed by atoms with E-state index in [1.807, 2.05) is 0 Å². The second-order valence-corrected chi connectivity index (χ2v) is 7.93. The molecule has 2 nitrogen and oxygen atoms in total. The SMILES string of the molecule is CC(C)CCN(C1CC1)C1(CN)CCCCC1(C)C. The molecule has 2 saturated carbocycles. The van der Waals surface area contributed by atoms with Gasteiger partial charge in [-0.3, -0.25) is 4.90 Å². The molecule has 2 aliphatic rings. The van der Waals surface area contributed by atoms with Gasteiger partial charge in [0, 0.05) is 18.1 Å². The van der Waals surface area contributed by atoms with Gasteiger partial charge in [-0.05, 0) is 50.0 Å². The molecule has 2 heteroatoms. The molecule has 0 heterocycles. The molecule has 0 bridgehead atoms. The highest BCUT2D eigenvalue weighted by atomic mass is 15.3. The van der Waals surface area contributed by atoms with Gasteiger partial charge in [-0.2, -0.15) is 0 Å². The second-order valence-electron chi connectivity index (χ2n) is 7.93. The Balaban J connectivity index is 2.19. The van der Waals surface area contributed by atoms with Crippen LogP contribution in [-0.2, 0) is 0 Å². The fourth-order valence-corrected chi connectivity index (χ4v) is 4.11. The minimum Gasteiger partial charge on any atom is -0.329 e. The molecule has 2 fully saturated rings. The highest BCUT2D eigenvalue weighted by Gasteiger charge is 2.52. The van der Waals surface area contributed by atoms with Gasteiger partial charge in [-0.1, -0.05) is 40.5 Å². The van der Waals surface area contributed by atoms with Crippen LogP contribution in [0.4, 0.5) is 0 Å². The summed E-state index contributed by atoms with van der Waals surface area (Å²) >= 11 is 0. The maximum absolute atomic E-state index is 6.35. The van der Waals surface area contributed by atoms with E-state index < -0.39 is 0 Å². The normalized spacial score (nSPS) is 31.1. The summed E-state index contributed by atoms with van der Waals surface area (Å²) < 4.78 is 0. The molecular formula is C17H34N2. The van der Waals surface area contributed by atoms with E-state index in [1.165, 1.54) is 51.5 Å². The van der Waals surface area contributed by atoms with Crippen molar-refractivity contribution < 1.29 is 0 Å². The minimum absolute atomic E-state index is 0.265. The summed E-state index contributed by atoms with van der Waals surface area (Å²) in [4.78, 5) is 2.84. The van der Waals surface area contributed by atoms with Crippen molar-refractivity contribution in [1.82, 2.24) is 4.90 Å². The number of hydrogen-bond donors (Lipinski definition) is 1. The Bertz CT molecular complexity index is 294. The van der Waals surface area contributed by atoms with Gasteiger partial charge in [0.25, 0.3) is 0 Å². The predicted molar refractivity (Wildman–Crippen MR) is 83.2 cm³/mol. The van der Waals surface area contributed by atoms with Crippen molar-refractivity contribution in [2.45, 2.75) is 84.2 Å². The molecule has 1 atom stereocenters.